The predicted octanol–water partition coefficient (Wildman–Crippen LogP) is 4.18. The topological polar surface area (TPSA) is 42.4 Å². The monoisotopic (exact) mass is 328 g/mol. The first kappa shape index (κ1) is 16.1. The first-order valence-electron chi connectivity index (χ1n) is 7.84. The Bertz CT molecular complexity index is 612. The molecule has 1 aromatic heterocycles. The van der Waals surface area contributed by atoms with E-state index in [9.17, 15) is 18.0 Å². The zero-order valence-corrected chi connectivity index (χ0v) is 13.1. The van der Waals surface area contributed by atoms with Gasteiger partial charge in [-0.3, -0.25) is 4.90 Å². The van der Waals surface area contributed by atoms with Crippen LogP contribution in [0, 0.1) is 5.92 Å². The SMILES string of the molecule is CC(C)OC(=O)N1c2ccc(C(F)(F)F)nc2CCC1C1CC1. The first-order chi connectivity index (χ1) is 10.8. The van der Waals surface area contributed by atoms with E-state index in [-0.39, 0.29) is 12.1 Å². The summed E-state index contributed by atoms with van der Waals surface area (Å²) in [5.74, 6) is 0.408. The number of aryl methyl sites for hydroxylation is 1. The van der Waals surface area contributed by atoms with Gasteiger partial charge in [0.25, 0.3) is 0 Å². The van der Waals surface area contributed by atoms with Crippen molar-refractivity contribution in [3.05, 3.63) is 23.5 Å². The van der Waals surface area contributed by atoms with Crippen molar-refractivity contribution in [3.63, 3.8) is 0 Å². The lowest BCUT2D eigenvalue weighted by atomic mass is 9.96. The van der Waals surface area contributed by atoms with E-state index in [1.54, 1.807) is 13.8 Å². The second kappa shape index (κ2) is 5.69. The number of carbonyl (C=O) groups excluding carboxylic acids is 1. The van der Waals surface area contributed by atoms with E-state index in [1.807, 2.05) is 0 Å². The molecule has 0 spiro atoms. The van der Waals surface area contributed by atoms with Gasteiger partial charge in [0.05, 0.1) is 17.5 Å². The summed E-state index contributed by atoms with van der Waals surface area (Å²) in [4.78, 5) is 17.7. The fraction of sp³-hybridized carbons (Fsp3) is 0.625. The van der Waals surface area contributed by atoms with Crippen molar-refractivity contribution in [2.45, 2.75) is 57.9 Å². The van der Waals surface area contributed by atoms with Crippen LogP contribution in [0.2, 0.25) is 0 Å². The fourth-order valence-electron chi connectivity index (χ4n) is 3.07. The lowest BCUT2D eigenvalue weighted by Gasteiger charge is -2.36. The van der Waals surface area contributed by atoms with Crippen LogP contribution >= 0.6 is 0 Å². The van der Waals surface area contributed by atoms with Crippen molar-refractivity contribution < 1.29 is 22.7 Å². The minimum Gasteiger partial charge on any atom is -0.446 e. The van der Waals surface area contributed by atoms with Gasteiger partial charge in [-0.15, -0.1) is 0 Å². The molecule has 126 valence electrons. The molecule has 4 nitrogen and oxygen atoms in total. The number of nitrogens with zero attached hydrogens (tertiary/aromatic N) is 2. The molecule has 0 saturated heterocycles. The van der Waals surface area contributed by atoms with Gasteiger partial charge in [0.2, 0.25) is 0 Å². The van der Waals surface area contributed by atoms with Crippen LogP contribution < -0.4 is 4.90 Å². The second-order valence-corrected chi connectivity index (χ2v) is 6.41. The van der Waals surface area contributed by atoms with Crippen LogP contribution in [0.3, 0.4) is 0 Å². The Balaban J connectivity index is 1.96. The Morgan fingerprint density at radius 2 is 2.00 bits per heavy atom. The highest BCUT2D eigenvalue weighted by Crippen LogP contribution is 2.43. The lowest BCUT2D eigenvalue weighted by Crippen LogP contribution is -2.46. The quantitative estimate of drug-likeness (QED) is 0.818. The summed E-state index contributed by atoms with van der Waals surface area (Å²) in [5.41, 5.74) is -0.150. The van der Waals surface area contributed by atoms with Crippen LogP contribution in [0.4, 0.5) is 23.7 Å². The number of aromatic nitrogens is 1. The van der Waals surface area contributed by atoms with Gasteiger partial charge in [-0.25, -0.2) is 9.78 Å². The maximum atomic E-state index is 12.8. The van der Waals surface area contributed by atoms with Crippen molar-refractivity contribution >= 4 is 11.8 Å². The summed E-state index contributed by atoms with van der Waals surface area (Å²) >= 11 is 0. The molecule has 2 aliphatic rings. The summed E-state index contributed by atoms with van der Waals surface area (Å²) in [5, 5.41) is 0. The molecule has 1 aliphatic carbocycles. The van der Waals surface area contributed by atoms with Crippen LogP contribution in [0.25, 0.3) is 0 Å². The Hall–Kier alpha value is -1.79. The van der Waals surface area contributed by atoms with E-state index in [0.717, 1.165) is 18.9 Å². The molecule has 0 aromatic carbocycles. The Morgan fingerprint density at radius 1 is 1.30 bits per heavy atom. The Labute approximate surface area is 132 Å². The highest BCUT2D eigenvalue weighted by molar-refractivity contribution is 5.90. The molecule has 0 radical (unpaired) electrons. The standard InChI is InChI=1S/C16H19F3N2O2/c1-9(2)23-15(22)21-12(10-3-4-10)6-5-11-13(21)7-8-14(20-11)16(17,18)19/h7-10,12H,3-6H2,1-2H3. The van der Waals surface area contributed by atoms with Crippen LogP contribution in [-0.4, -0.2) is 23.2 Å². The third-order valence-electron chi connectivity index (χ3n) is 4.21. The molecule has 0 N–H and O–H groups in total. The van der Waals surface area contributed by atoms with Crippen molar-refractivity contribution in [2.75, 3.05) is 4.90 Å². The smallest absolute Gasteiger partial charge is 0.433 e. The second-order valence-electron chi connectivity index (χ2n) is 6.41. The molecule has 1 atom stereocenters. The molecular formula is C16H19F3N2O2. The van der Waals surface area contributed by atoms with E-state index in [2.05, 4.69) is 4.98 Å². The molecule has 1 unspecified atom stereocenters. The summed E-state index contributed by atoms with van der Waals surface area (Å²) in [6, 6.07) is 2.28. The highest BCUT2D eigenvalue weighted by atomic mass is 19.4. The Kier molecular flexibility index (Phi) is 3.98. The number of rotatable bonds is 2. The molecule has 3 rings (SSSR count). The number of anilines is 1. The molecule has 23 heavy (non-hydrogen) atoms. The normalized spacial score (nSPS) is 21.3. The number of hydrogen-bond acceptors (Lipinski definition) is 3. The number of carbonyl (C=O) groups is 1. The molecule has 1 fully saturated rings. The number of ether oxygens (including phenoxy) is 1. The number of halogens is 3. The number of pyridine rings is 1. The molecule has 1 aromatic rings. The largest absolute Gasteiger partial charge is 0.446 e. The maximum Gasteiger partial charge on any atom is 0.433 e. The third kappa shape index (κ3) is 3.28. The predicted molar refractivity (Wildman–Crippen MR) is 78.2 cm³/mol. The number of fused-ring (bicyclic) bond motifs is 1. The van der Waals surface area contributed by atoms with E-state index in [0.29, 0.717) is 30.1 Å². The zero-order valence-electron chi connectivity index (χ0n) is 13.1. The minimum atomic E-state index is -4.48. The van der Waals surface area contributed by atoms with Crippen molar-refractivity contribution in [3.8, 4) is 0 Å². The van der Waals surface area contributed by atoms with Gasteiger partial charge in [0, 0.05) is 6.04 Å². The molecule has 2 heterocycles. The minimum absolute atomic E-state index is 0.00714. The van der Waals surface area contributed by atoms with Crippen molar-refractivity contribution in [1.29, 1.82) is 0 Å². The number of hydrogen-bond donors (Lipinski definition) is 0. The van der Waals surface area contributed by atoms with E-state index in [4.69, 9.17) is 4.74 Å². The summed E-state index contributed by atoms with van der Waals surface area (Å²) in [6.07, 6.45) is -2.11. The van der Waals surface area contributed by atoms with E-state index >= 15 is 0 Å². The summed E-state index contributed by atoms with van der Waals surface area (Å²) < 4.78 is 43.8. The van der Waals surface area contributed by atoms with Crippen LogP contribution in [0.5, 0.6) is 0 Å². The summed E-state index contributed by atoms with van der Waals surface area (Å²) in [6.45, 7) is 3.50. The molecule has 0 bridgehead atoms. The van der Waals surface area contributed by atoms with E-state index < -0.39 is 18.0 Å². The Morgan fingerprint density at radius 3 is 2.57 bits per heavy atom. The van der Waals surface area contributed by atoms with E-state index in [1.165, 1.54) is 11.0 Å². The van der Waals surface area contributed by atoms with Gasteiger partial charge >= 0.3 is 12.3 Å². The third-order valence-corrected chi connectivity index (χ3v) is 4.21. The zero-order chi connectivity index (χ0) is 16.8. The van der Waals surface area contributed by atoms with Crippen molar-refractivity contribution in [2.24, 2.45) is 5.92 Å². The molecule has 1 aliphatic heterocycles. The van der Waals surface area contributed by atoms with Gasteiger partial charge in [-0.1, -0.05) is 0 Å². The maximum absolute atomic E-state index is 12.8. The first-order valence-corrected chi connectivity index (χ1v) is 7.84. The van der Waals surface area contributed by atoms with Gasteiger partial charge in [0.15, 0.2) is 0 Å². The van der Waals surface area contributed by atoms with Crippen LogP contribution in [0.1, 0.15) is 44.5 Å². The molecule has 7 heteroatoms. The van der Waals surface area contributed by atoms with Crippen LogP contribution in [0.15, 0.2) is 12.1 Å². The number of alkyl halides is 3. The average Bonchev–Trinajstić information content (AvgIpc) is 3.28. The fourth-order valence-corrected chi connectivity index (χ4v) is 3.07. The highest BCUT2D eigenvalue weighted by Gasteiger charge is 2.43. The average molecular weight is 328 g/mol. The molecule has 1 saturated carbocycles. The lowest BCUT2D eigenvalue weighted by molar-refractivity contribution is -0.141. The number of amides is 1. The van der Waals surface area contributed by atoms with Gasteiger partial charge in [-0.05, 0) is 57.6 Å². The molecular weight excluding hydrogens is 309 g/mol. The summed E-state index contributed by atoms with van der Waals surface area (Å²) in [7, 11) is 0. The van der Waals surface area contributed by atoms with Gasteiger partial charge < -0.3 is 4.74 Å². The van der Waals surface area contributed by atoms with Crippen molar-refractivity contribution in [1.82, 2.24) is 4.98 Å². The van der Waals surface area contributed by atoms with Gasteiger partial charge in [0.1, 0.15) is 5.69 Å². The van der Waals surface area contributed by atoms with Crippen LogP contribution in [-0.2, 0) is 17.3 Å². The van der Waals surface area contributed by atoms with Gasteiger partial charge in [-0.2, -0.15) is 13.2 Å². The molecule has 1 amide bonds.